The zero-order valence-electron chi connectivity index (χ0n) is 21.2. The molecule has 2 aromatic heterocycles. The van der Waals surface area contributed by atoms with Crippen molar-refractivity contribution in [1.29, 1.82) is 0 Å². The molecule has 38 heavy (non-hydrogen) atoms. The van der Waals surface area contributed by atoms with E-state index in [4.69, 9.17) is 14.6 Å². The van der Waals surface area contributed by atoms with Gasteiger partial charge in [-0.05, 0) is 49.1 Å². The van der Waals surface area contributed by atoms with Crippen molar-refractivity contribution in [1.82, 2.24) is 19.1 Å². The first-order valence-electron chi connectivity index (χ1n) is 12.2. The topological polar surface area (TPSA) is 141 Å². The van der Waals surface area contributed by atoms with Crippen LogP contribution in [-0.4, -0.2) is 37.3 Å². The molecule has 2 heterocycles. The number of carboxylic acid groups (broad SMARTS) is 1. The molecule has 2 N–H and O–H groups in total. The predicted molar refractivity (Wildman–Crippen MR) is 140 cm³/mol. The lowest BCUT2D eigenvalue weighted by Crippen LogP contribution is -2.50. The number of aliphatic carboxylic acids is 1. The molecule has 0 radical (unpaired) electrons. The van der Waals surface area contributed by atoms with Gasteiger partial charge in [-0.15, -0.1) is 0 Å². The third-order valence-corrected chi connectivity index (χ3v) is 6.05. The van der Waals surface area contributed by atoms with Gasteiger partial charge in [0.15, 0.2) is 0 Å². The van der Waals surface area contributed by atoms with Gasteiger partial charge in [-0.2, -0.15) is 0 Å². The average Bonchev–Trinajstić information content (AvgIpc) is 2.92. The minimum atomic E-state index is -1.10. The molecule has 0 fully saturated rings. The second kappa shape index (κ2) is 12.0. The molecule has 198 valence electrons. The van der Waals surface area contributed by atoms with Gasteiger partial charge in [0, 0.05) is 19.2 Å². The van der Waals surface area contributed by atoms with E-state index in [0.29, 0.717) is 23.1 Å². The van der Waals surface area contributed by atoms with E-state index in [2.05, 4.69) is 28.0 Å². The van der Waals surface area contributed by atoms with Crippen LogP contribution in [0.2, 0.25) is 0 Å². The normalized spacial score (nSPS) is 15.3. The van der Waals surface area contributed by atoms with Gasteiger partial charge in [-0.3, -0.25) is 14.3 Å². The standard InChI is InChI=1S/C27H29N5O6/c1-3-18-4-6-19(7-5-18)17-32-25(30-26(35)31(27(32)36)15-14-24(33)34)29-20-8-10-21(11-9-20)38-22-12-13-23(37-2)28-16-22/h4-6,8-13,16,19H,3,7,14-15,17H2,1-2H3,(H,33,34)(H,29,30,35). The van der Waals surface area contributed by atoms with E-state index >= 15 is 0 Å². The van der Waals surface area contributed by atoms with Crippen molar-refractivity contribution in [2.45, 2.75) is 39.3 Å². The number of aromatic nitrogens is 4. The average molecular weight is 520 g/mol. The van der Waals surface area contributed by atoms with E-state index in [1.165, 1.54) is 17.3 Å². The molecule has 0 amide bonds. The number of benzene rings is 1. The summed E-state index contributed by atoms with van der Waals surface area (Å²) in [6, 6.07) is 10.2. The number of hydrogen-bond donors (Lipinski definition) is 2. The van der Waals surface area contributed by atoms with E-state index in [1.807, 2.05) is 12.2 Å². The molecule has 0 saturated heterocycles. The van der Waals surface area contributed by atoms with Crippen LogP contribution in [0.1, 0.15) is 26.2 Å². The predicted octanol–water partition coefficient (Wildman–Crippen LogP) is 3.15. The van der Waals surface area contributed by atoms with Crippen molar-refractivity contribution >= 4 is 11.7 Å². The minimum absolute atomic E-state index is 0.0182. The Labute approximate surface area is 218 Å². The summed E-state index contributed by atoms with van der Waals surface area (Å²) in [5.41, 5.74) is 0.470. The number of allylic oxidation sites excluding steroid dienone is 4. The van der Waals surface area contributed by atoms with Crippen LogP contribution in [0.3, 0.4) is 0 Å². The van der Waals surface area contributed by atoms with E-state index in [1.54, 1.807) is 42.6 Å². The fraction of sp³-hybridized carbons (Fsp3) is 0.296. The van der Waals surface area contributed by atoms with E-state index in [0.717, 1.165) is 17.4 Å². The van der Waals surface area contributed by atoms with Crippen LogP contribution in [0.15, 0.2) is 81.0 Å². The smallest absolute Gasteiger partial charge is 0.335 e. The summed E-state index contributed by atoms with van der Waals surface area (Å²) in [6.07, 6.45) is 9.07. The summed E-state index contributed by atoms with van der Waals surface area (Å²) in [5, 5.41) is 9.04. The second-order valence-corrected chi connectivity index (χ2v) is 8.67. The van der Waals surface area contributed by atoms with Gasteiger partial charge in [0.05, 0.1) is 25.4 Å². The molecule has 0 bridgehead atoms. The Kier molecular flexibility index (Phi) is 8.37. The summed E-state index contributed by atoms with van der Waals surface area (Å²) in [7, 11) is 1.53. The highest BCUT2D eigenvalue weighted by Crippen LogP contribution is 2.24. The number of carbonyl (C=O) groups is 1. The number of hydrogen-bond acceptors (Lipinski definition) is 7. The first-order valence-corrected chi connectivity index (χ1v) is 12.2. The monoisotopic (exact) mass is 519 g/mol. The number of pyridine rings is 1. The number of nitrogens with zero attached hydrogens (tertiary/aromatic N) is 4. The number of ether oxygens (including phenoxy) is 2. The molecule has 0 aliphatic heterocycles. The van der Waals surface area contributed by atoms with Gasteiger partial charge in [-0.1, -0.05) is 30.7 Å². The Bertz CT molecular complexity index is 1530. The number of rotatable bonds is 10. The lowest BCUT2D eigenvalue weighted by molar-refractivity contribution is -0.137. The van der Waals surface area contributed by atoms with Crippen LogP contribution in [0.4, 0.5) is 5.69 Å². The Morgan fingerprint density at radius 2 is 1.92 bits per heavy atom. The van der Waals surface area contributed by atoms with Gasteiger partial charge in [0.1, 0.15) is 11.5 Å². The van der Waals surface area contributed by atoms with E-state index in [-0.39, 0.29) is 31.0 Å². The van der Waals surface area contributed by atoms with Crippen LogP contribution in [0, 0.1) is 5.92 Å². The molecule has 4 rings (SSSR count). The summed E-state index contributed by atoms with van der Waals surface area (Å²) in [6.45, 7) is 2.11. The van der Waals surface area contributed by atoms with Gasteiger partial charge in [0.25, 0.3) is 0 Å². The Balaban J connectivity index is 1.65. The van der Waals surface area contributed by atoms with Crippen LogP contribution in [0.5, 0.6) is 17.4 Å². The van der Waals surface area contributed by atoms with Gasteiger partial charge in [0.2, 0.25) is 11.5 Å². The van der Waals surface area contributed by atoms with E-state index < -0.39 is 17.3 Å². The van der Waals surface area contributed by atoms with Crippen molar-refractivity contribution in [3.8, 4) is 17.4 Å². The zero-order valence-corrected chi connectivity index (χ0v) is 21.2. The molecule has 1 unspecified atom stereocenters. The van der Waals surface area contributed by atoms with E-state index in [9.17, 15) is 14.4 Å². The Morgan fingerprint density at radius 1 is 1.16 bits per heavy atom. The molecule has 3 aromatic rings. The molecule has 0 spiro atoms. The maximum Gasteiger partial charge on any atom is 0.335 e. The summed E-state index contributed by atoms with van der Waals surface area (Å²) in [5.74, 6) is 0.473. The second-order valence-electron chi connectivity index (χ2n) is 8.67. The quantitative estimate of drug-likeness (QED) is 0.419. The molecule has 1 aliphatic rings. The minimum Gasteiger partial charge on any atom is -0.481 e. The van der Waals surface area contributed by atoms with Crippen molar-refractivity contribution in [3.63, 3.8) is 0 Å². The van der Waals surface area contributed by atoms with Crippen molar-refractivity contribution in [3.05, 3.63) is 93.0 Å². The molecule has 11 heteroatoms. The molecular weight excluding hydrogens is 490 g/mol. The maximum absolute atomic E-state index is 13.3. The molecule has 0 saturated carbocycles. The van der Waals surface area contributed by atoms with Crippen LogP contribution >= 0.6 is 0 Å². The fourth-order valence-corrected chi connectivity index (χ4v) is 3.95. The van der Waals surface area contributed by atoms with Crippen LogP contribution in [0.25, 0.3) is 0 Å². The first-order chi connectivity index (χ1) is 18.4. The van der Waals surface area contributed by atoms with Crippen molar-refractivity contribution in [2.24, 2.45) is 10.9 Å². The highest BCUT2D eigenvalue weighted by molar-refractivity contribution is 5.66. The molecule has 1 atom stereocenters. The third kappa shape index (κ3) is 6.55. The number of nitrogens with one attached hydrogen (secondary N) is 1. The van der Waals surface area contributed by atoms with Crippen LogP contribution < -0.4 is 26.5 Å². The Hall–Kier alpha value is -4.67. The molecular formula is C27H29N5O6. The zero-order chi connectivity index (χ0) is 27.1. The lowest BCUT2D eigenvalue weighted by Gasteiger charge is -2.18. The lowest BCUT2D eigenvalue weighted by atomic mass is 9.95. The van der Waals surface area contributed by atoms with Crippen molar-refractivity contribution < 1.29 is 19.4 Å². The first kappa shape index (κ1) is 26.4. The number of methoxy groups -OCH3 is 1. The Morgan fingerprint density at radius 3 is 2.53 bits per heavy atom. The van der Waals surface area contributed by atoms with Crippen LogP contribution in [-0.2, 0) is 17.9 Å². The largest absolute Gasteiger partial charge is 0.481 e. The highest BCUT2D eigenvalue weighted by Gasteiger charge is 2.15. The molecule has 11 nitrogen and oxygen atoms in total. The highest BCUT2D eigenvalue weighted by atomic mass is 16.5. The summed E-state index contributed by atoms with van der Waals surface area (Å²) < 4.78 is 13.1. The SMILES string of the molecule is CCC1=CCC(Cn2c(=O)n(CCC(=O)O)c(=O)[nH]/c2=N\c2ccc(Oc3ccc(OC)nc3)cc2)C=C1. The van der Waals surface area contributed by atoms with Gasteiger partial charge in [-0.25, -0.2) is 24.1 Å². The number of aromatic amines is 1. The number of H-pyrrole nitrogens is 1. The maximum atomic E-state index is 13.3. The summed E-state index contributed by atoms with van der Waals surface area (Å²) in [4.78, 5) is 48.3. The summed E-state index contributed by atoms with van der Waals surface area (Å²) >= 11 is 0. The molecule has 1 aliphatic carbocycles. The van der Waals surface area contributed by atoms with Gasteiger partial charge < -0.3 is 14.6 Å². The number of carboxylic acids is 1. The third-order valence-electron chi connectivity index (χ3n) is 6.05. The van der Waals surface area contributed by atoms with Crippen molar-refractivity contribution in [2.75, 3.05) is 7.11 Å². The molecule has 1 aromatic carbocycles. The van der Waals surface area contributed by atoms with Gasteiger partial charge >= 0.3 is 17.3 Å². The fourth-order valence-electron chi connectivity index (χ4n) is 3.95.